The number of hydrogen-bond donors (Lipinski definition) is 0. The molecule has 0 N–H and O–H groups in total. The van der Waals surface area contributed by atoms with Crippen LogP contribution in [0.1, 0.15) is 30.4 Å². The average Bonchev–Trinajstić information content (AvgIpc) is 3.39. The first-order valence-corrected chi connectivity index (χ1v) is 10.9. The van der Waals surface area contributed by atoms with Gasteiger partial charge in [-0.05, 0) is 43.0 Å². The molecule has 0 saturated carbocycles. The van der Waals surface area contributed by atoms with Crippen LogP contribution < -0.4 is 9.57 Å². The van der Waals surface area contributed by atoms with Gasteiger partial charge in [0.1, 0.15) is 30.5 Å². The van der Waals surface area contributed by atoms with Crippen molar-refractivity contribution in [1.29, 1.82) is 0 Å². The molecular weight excluding hydrogens is 439 g/mol. The van der Waals surface area contributed by atoms with Crippen LogP contribution in [0.3, 0.4) is 0 Å². The number of alkyl halides is 3. The Kier molecular flexibility index (Phi) is 5.44. The lowest BCUT2D eigenvalue weighted by atomic mass is 10.00. The summed E-state index contributed by atoms with van der Waals surface area (Å²) in [5.41, 5.74) is 2.88. The molecule has 0 spiro atoms. The van der Waals surface area contributed by atoms with Crippen molar-refractivity contribution in [1.82, 2.24) is 14.6 Å². The van der Waals surface area contributed by atoms with Crippen LogP contribution in [0, 0.1) is 11.6 Å². The van der Waals surface area contributed by atoms with Gasteiger partial charge in [-0.2, -0.15) is 13.2 Å². The topological polar surface area (TPSA) is 33.5 Å². The summed E-state index contributed by atoms with van der Waals surface area (Å²) < 4.78 is 70.7. The second kappa shape index (κ2) is 8.30. The summed E-state index contributed by atoms with van der Waals surface area (Å²) in [5.74, 6) is 0.276. The number of allylic oxidation sites excluding steroid dienone is 1. The third-order valence-electron chi connectivity index (χ3n) is 6.43. The number of piperazine rings is 1. The van der Waals surface area contributed by atoms with E-state index in [0.29, 0.717) is 44.0 Å². The summed E-state index contributed by atoms with van der Waals surface area (Å²) in [6, 6.07) is 6.09. The number of anilines is 1. The molecule has 0 unspecified atom stereocenters. The molecule has 9 heteroatoms. The summed E-state index contributed by atoms with van der Waals surface area (Å²) in [5, 5.41) is 0. The summed E-state index contributed by atoms with van der Waals surface area (Å²) in [7, 11) is 0. The number of aromatic nitrogens is 1. The maximum atomic E-state index is 14.2. The zero-order chi connectivity index (χ0) is 23.2. The Labute approximate surface area is 187 Å². The van der Waals surface area contributed by atoms with Crippen LogP contribution in [0.2, 0.25) is 0 Å². The number of rotatable bonds is 3. The van der Waals surface area contributed by atoms with E-state index in [9.17, 15) is 22.0 Å². The Morgan fingerprint density at radius 1 is 0.909 bits per heavy atom. The molecular formula is C24H22F5N4+. The largest absolute Gasteiger partial charge is 0.417 e. The molecule has 0 amide bonds. The van der Waals surface area contributed by atoms with E-state index in [4.69, 9.17) is 4.67 Å². The highest BCUT2D eigenvalue weighted by Gasteiger charge is 2.40. The molecule has 33 heavy (non-hydrogen) atoms. The van der Waals surface area contributed by atoms with Gasteiger partial charge in [0.05, 0.1) is 30.6 Å². The van der Waals surface area contributed by atoms with Crippen molar-refractivity contribution in [2.45, 2.75) is 31.9 Å². The second-order valence-electron chi connectivity index (χ2n) is 8.48. The van der Waals surface area contributed by atoms with E-state index in [1.54, 1.807) is 0 Å². The first kappa shape index (κ1) is 21.6. The van der Waals surface area contributed by atoms with Crippen LogP contribution in [0.15, 0.2) is 47.7 Å². The summed E-state index contributed by atoms with van der Waals surface area (Å²) >= 11 is 0. The first-order chi connectivity index (χ1) is 15.8. The van der Waals surface area contributed by atoms with Gasteiger partial charge in [-0.1, -0.05) is 6.07 Å². The van der Waals surface area contributed by atoms with Gasteiger partial charge in [0, 0.05) is 17.8 Å². The molecule has 4 nitrogen and oxygen atoms in total. The number of pyridine rings is 1. The van der Waals surface area contributed by atoms with Crippen LogP contribution >= 0.6 is 0 Å². The van der Waals surface area contributed by atoms with Gasteiger partial charge in [0.25, 0.3) is 0 Å². The highest BCUT2D eigenvalue weighted by Crippen LogP contribution is 2.33. The van der Waals surface area contributed by atoms with Gasteiger partial charge in [-0.15, -0.1) is 0 Å². The minimum Gasteiger partial charge on any atom is -0.349 e. The van der Waals surface area contributed by atoms with Crippen molar-refractivity contribution >= 4 is 17.4 Å². The van der Waals surface area contributed by atoms with Crippen molar-refractivity contribution < 1.29 is 22.0 Å². The Balaban J connectivity index is 1.31. The van der Waals surface area contributed by atoms with E-state index >= 15 is 0 Å². The minimum absolute atomic E-state index is 0.323. The predicted molar refractivity (Wildman–Crippen MR) is 116 cm³/mol. The van der Waals surface area contributed by atoms with Crippen molar-refractivity contribution in [2.24, 2.45) is 0 Å². The number of nitrogens with zero attached hydrogens (tertiary/aromatic N) is 4. The predicted octanol–water partition coefficient (Wildman–Crippen LogP) is 4.14. The van der Waals surface area contributed by atoms with Gasteiger partial charge in [0.2, 0.25) is 5.71 Å². The first-order valence-electron chi connectivity index (χ1n) is 10.9. The maximum Gasteiger partial charge on any atom is 0.417 e. The highest BCUT2D eigenvalue weighted by atomic mass is 19.4. The van der Waals surface area contributed by atoms with E-state index in [2.05, 4.69) is 9.88 Å². The molecule has 2 aromatic rings. The van der Waals surface area contributed by atoms with Crippen LogP contribution in [0.25, 0.3) is 0 Å². The van der Waals surface area contributed by atoms with Gasteiger partial charge in [-0.3, -0.25) is 0 Å². The van der Waals surface area contributed by atoms with Crippen LogP contribution in [0.5, 0.6) is 0 Å². The smallest absolute Gasteiger partial charge is 0.349 e. The Morgan fingerprint density at radius 3 is 2.30 bits per heavy atom. The fraction of sp³-hybridized carbons (Fsp3) is 0.375. The van der Waals surface area contributed by atoms with Crippen LogP contribution in [-0.4, -0.2) is 47.6 Å². The van der Waals surface area contributed by atoms with Gasteiger partial charge in [0.15, 0.2) is 0 Å². The lowest BCUT2D eigenvalue weighted by Crippen LogP contribution is -2.49. The minimum atomic E-state index is -4.40. The van der Waals surface area contributed by atoms with E-state index < -0.39 is 23.4 Å². The number of benzene rings is 1. The van der Waals surface area contributed by atoms with Crippen LogP contribution in [0.4, 0.5) is 27.8 Å². The summed E-state index contributed by atoms with van der Waals surface area (Å²) in [4.78, 5) is 8.16. The highest BCUT2D eigenvalue weighted by molar-refractivity contribution is 6.17. The normalized spacial score (nSPS) is 18.6. The Hall–Kier alpha value is -3.19. The molecule has 1 saturated heterocycles. The van der Waals surface area contributed by atoms with Gasteiger partial charge in [-0.25, -0.2) is 23.3 Å². The molecule has 2 aliphatic heterocycles. The monoisotopic (exact) mass is 461 g/mol. The number of amidine groups is 1. The Morgan fingerprint density at radius 2 is 1.64 bits per heavy atom. The fourth-order valence-electron chi connectivity index (χ4n) is 4.71. The summed E-state index contributed by atoms with van der Waals surface area (Å²) in [6.07, 6.45) is -0.366. The average molecular weight is 461 g/mol. The summed E-state index contributed by atoms with van der Waals surface area (Å²) in [6.45, 7) is 2.55. The number of halogens is 5. The molecule has 1 fully saturated rings. The standard InChI is InChI=1S/C24H22F5N4/c25-17-6-4-15(20(26)13-17)12-21-18-2-1-3-19(18)23(31-21)33-10-8-32(9-11-33)22-7-5-16(14-30-22)24(27,28)29/h4-7,13-14H,1-3,8-12H2/q+1. The molecule has 1 aromatic heterocycles. The molecule has 5 rings (SSSR count). The van der Waals surface area contributed by atoms with Gasteiger partial charge < -0.3 is 4.90 Å². The SMILES string of the molecule is Fc1ccc(CC2=[N+]=C(N3CCN(c4ccc(C(F)(F)F)cn4)CC3)C3=C2CCC3)c(F)c1. The molecule has 0 bridgehead atoms. The maximum absolute atomic E-state index is 14.2. The quantitative estimate of drug-likeness (QED) is 0.509. The molecule has 1 aromatic carbocycles. The molecule has 0 atom stereocenters. The van der Waals surface area contributed by atoms with E-state index in [1.165, 1.54) is 29.3 Å². The zero-order valence-electron chi connectivity index (χ0n) is 17.8. The van der Waals surface area contributed by atoms with Crippen molar-refractivity contribution in [3.05, 3.63) is 70.4 Å². The molecule has 0 radical (unpaired) electrons. The lowest BCUT2D eigenvalue weighted by molar-refractivity contribution is -0.137. The van der Waals surface area contributed by atoms with Crippen molar-refractivity contribution in [2.75, 3.05) is 31.1 Å². The van der Waals surface area contributed by atoms with E-state index in [0.717, 1.165) is 49.1 Å². The molecule has 3 aliphatic rings. The third kappa shape index (κ3) is 4.25. The van der Waals surface area contributed by atoms with Crippen molar-refractivity contribution in [3.8, 4) is 0 Å². The molecule has 3 heterocycles. The van der Waals surface area contributed by atoms with Crippen molar-refractivity contribution in [3.63, 3.8) is 0 Å². The van der Waals surface area contributed by atoms with E-state index in [-0.39, 0.29) is 0 Å². The third-order valence-corrected chi connectivity index (χ3v) is 6.43. The molecule has 1 aliphatic carbocycles. The fourth-order valence-corrected chi connectivity index (χ4v) is 4.71. The van der Waals surface area contributed by atoms with E-state index in [1.807, 2.05) is 4.90 Å². The Bertz CT molecular complexity index is 1170. The number of hydrogen-bond acceptors (Lipinski definition) is 3. The zero-order valence-corrected chi connectivity index (χ0v) is 17.8. The second-order valence-corrected chi connectivity index (χ2v) is 8.48. The van der Waals surface area contributed by atoms with Gasteiger partial charge >= 0.3 is 12.0 Å². The van der Waals surface area contributed by atoms with Crippen LogP contribution in [-0.2, 0) is 12.6 Å². The lowest BCUT2D eigenvalue weighted by Gasteiger charge is -2.31. The molecule has 172 valence electrons.